The number of hydrogen-bond acceptors (Lipinski definition) is 5. The first-order valence-corrected chi connectivity index (χ1v) is 14.5. The number of para-hydroxylation sites is 3. The maximum absolute atomic E-state index is 5.81. The smallest absolute Gasteiger partial charge is 0.162 e. The fraction of sp³-hybridized carbons (Fsp3) is 0.226. The molecule has 0 radical (unpaired) electrons. The molecule has 0 N–H and O–H groups in total. The summed E-state index contributed by atoms with van der Waals surface area (Å²) in [6.07, 6.45) is 1.17. The van der Waals surface area contributed by atoms with Gasteiger partial charge in [0.05, 0.1) is 11.4 Å². The summed E-state index contributed by atoms with van der Waals surface area (Å²) in [6.45, 7) is 5.79. The fourth-order valence-corrected chi connectivity index (χ4v) is 7.98. The third-order valence-electron chi connectivity index (χ3n) is 6.88. The van der Waals surface area contributed by atoms with Crippen molar-refractivity contribution in [2.24, 2.45) is 0 Å². The van der Waals surface area contributed by atoms with Crippen molar-refractivity contribution < 1.29 is 4.74 Å². The number of hydrogen-bond donors (Lipinski definition) is 0. The van der Waals surface area contributed by atoms with Crippen molar-refractivity contribution in [3.8, 4) is 5.75 Å². The molecule has 4 heterocycles. The van der Waals surface area contributed by atoms with Crippen LogP contribution in [0.4, 0.5) is 11.4 Å². The highest BCUT2D eigenvalue weighted by Crippen LogP contribution is 2.55. The Morgan fingerprint density at radius 1 is 0.639 bits per heavy atom. The highest BCUT2D eigenvalue weighted by molar-refractivity contribution is 8.00. The van der Waals surface area contributed by atoms with Gasteiger partial charge in [0.2, 0.25) is 0 Å². The first-order chi connectivity index (χ1) is 17.9. The summed E-state index contributed by atoms with van der Waals surface area (Å²) in [5, 5.41) is 0.870. The van der Waals surface area contributed by atoms with Gasteiger partial charge in [-0.25, -0.2) is 0 Å². The topological polar surface area (TPSA) is 15.7 Å². The molecule has 0 aromatic heterocycles. The second-order valence-corrected chi connectivity index (χ2v) is 11.0. The van der Waals surface area contributed by atoms with Crippen LogP contribution in [0.25, 0.3) is 0 Å². The molecule has 4 aliphatic rings. The van der Waals surface area contributed by atoms with E-state index in [-0.39, 0.29) is 0 Å². The maximum Gasteiger partial charge on any atom is 0.162 e. The van der Waals surface area contributed by atoms with Crippen LogP contribution < -0.4 is 14.5 Å². The molecule has 0 bridgehead atoms. The van der Waals surface area contributed by atoms with Gasteiger partial charge in [0.15, 0.2) is 6.73 Å². The molecule has 5 heteroatoms. The van der Waals surface area contributed by atoms with Crippen molar-refractivity contribution in [1.29, 1.82) is 0 Å². The highest BCUT2D eigenvalue weighted by atomic mass is 32.2. The van der Waals surface area contributed by atoms with Gasteiger partial charge in [0.25, 0.3) is 0 Å². The van der Waals surface area contributed by atoms with Crippen LogP contribution in [-0.2, 0) is 6.42 Å². The molecule has 2 unspecified atom stereocenters. The molecule has 0 aliphatic carbocycles. The lowest BCUT2D eigenvalue weighted by Gasteiger charge is -2.33. The summed E-state index contributed by atoms with van der Waals surface area (Å²) in [6, 6.07) is 34.5. The van der Waals surface area contributed by atoms with Gasteiger partial charge in [-0.15, -0.1) is 0 Å². The predicted molar refractivity (Wildman–Crippen MR) is 153 cm³/mol. The number of nitrogens with zero attached hydrogens (tertiary/aromatic N) is 2. The van der Waals surface area contributed by atoms with E-state index in [2.05, 4.69) is 101 Å². The molecule has 36 heavy (non-hydrogen) atoms. The van der Waals surface area contributed by atoms with E-state index in [1.54, 1.807) is 0 Å². The Morgan fingerprint density at radius 2 is 1.19 bits per heavy atom. The first kappa shape index (κ1) is 23.4. The van der Waals surface area contributed by atoms with Crippen molar-refractivity contribution in [3.05, 3.63) is 114 Å². The minimum atomic E-state index is 0.373. The predicted octanol–water partition coefficient (Wildman–Crippen LogP) is 8.53. The maximum atomic E-state index is 5.81. The molecule has 4 aliphatic heterocycles. The quantitative estimate of drug-likeness (QED) is 0.235. The fourth-order valence-electron chi connectivity index (χ4n) is 5.25. The average Bonchev–Trinajstić information content (AvgIpc) is 3.53. The minimum absolute atomic E-state index is 0.373. The van der Waals surface area contributed by atoms with Gasteiger partial charge in [0, 0.05) is 21.9 Å². The summed E-state index contributed by atoms with van der Waals surface area (Å²) < 4.78 is 5.81. The van der Waals surface area contributed by atoms with Crippen molar-refractivity contribution in [1.82, 2.24) is 0 Å². The zero-order valence-electron chi connectivity index (χ0n) is 20.6. The van der Waals surface area contributed by atoms with Gasteiger partial charge in [-0.05, 0) is 47.9 Å². The summed E-state index contributed by atoms with van der Waals surface area (Å²) in [5.41, 5.74) is 7.00. The monoisotopic (exact) mass is 510 g/mol. The zero-order chi connectivity index (χ0) is 24.5. The van der Waals surface area contributed by atoms with Gasteiger partial charge < -0.3 is 14.5 Å². The largest absolute Gasteiger partial charge is 0.473 e. The van der Waals surface area contributed by atoms with E-state index >= 15 is 0 Å². The Hall–Kier alpha value is -3.02. The molecule has 0 amide bonds. The number of fused-ring (bicyclic) bond motifs is 10. The van der Waals surface area contributed by atoms with Crippen LogP contribution in [-0.4, -0.2) is 13.3 Å². The van der Waals surface area contributed by atoms with Crippen LogP contribution in [0.15, 0.2) is 107 Å². The molecule has 0 saturated carbocycles. The highest BCUT2D eigenvalue weighted by Gasteiger charge is 2.36. The summed E-state index contributed by atoms with van der Waals surface area (Å²) >= 11 is 3.90. The Kier molecular flexibility index (Phi) is 6.60. The van der Waals surface area contributed by atoms with E-state index in [9.17, 15) is 0 Å². The van der Waals surface area contributed by atoms with Crippen molar-refractivity contribution >= 4 is 34.9 Å². The standard InChI is InChI=1S/C15H13NS.C14H11NOS.C2H6/c1-2-6-12-11(5-1)9-10-16-13-7-3-4-8-14(13)17-15(12)16;1-3-7-12-10(5-1)14-15(9-16-12)11-6-2-4-8-13(11)17-14;1-2/h1-8,15H,9-10H2;1-8,14H,9H2;1-2H3. The molecular formula is C31H30N2OS2. The third kappa shape index (κ3) is 4.04. The Labute approximate surface area is 222 Å². The van der Waals surface area contributed by atoms with Crippen LogP contribution in [0.2, 0.25) is 0 Å². The molecular weight excluding hydrogens is 480 g/mol. The van der Waals surface area contributed by atoms with E-state index in [4.69, 9.17) is 4.74 Å². The Morgan fingerprint density at radius 3 is 1.94 bits per heavy atom. The zero-order valence-corrected chi connectivity index (χ0v) is 22.3. The summed E-state index contributed by atoms with van der Waals surface area (Å²) in [7, 11) is 0. The Bertz CT molecular complexity index is 1270. The molecule has 182 valence electrons. The number of ether oxygens (including phenoxy) is 1. The number of benzene rings is 4. The summed E-state index contributed by atoms with van der Waals surface area (Å²) in [5.74, 6) is 1.02. The van der Waals surface area contributed by atoms with Crippen LogP contribution in [0.3, 0.4) is 0 Å². The lowest BCUT2D eigenvalue weighted by molar-refractivity contribution is 0.288. The van der Waals surface area contributed by atoms with Gasteiger partial charge in [-0.1, -0.05) is 104 Å². The molecule has 2 atom stereocenters. The van der Waals surface area contributed by atoms with E-state index < -0.39 is 0 Å². The number of anilines is 2. The van der Waals surface area contributed by atoms with Crippen LogP contribution in [0, 0.1) is 0 Å². The molecule has 3 nitrogen and oxygen atoms in total. The van der Waals surface area contributed by atoms with Crippen LogP contribution >= 0.6 is 23.5 Å². The molecule has 4 aromatic carbocycles. The normalized spacial score (nSPS) is 19.5. The van der Waals surface area contributed by atoms with E-state index in [1.807, 2.05) is 43.4 Å². The van der Waals surface area contributed by atoms with Gasteiger partial charge in [0.1, 0.15) is 16.5 Å². The molecule has 0 spiro atoms. The van der Waals surface area contributed by atoms with Crippen LogP contribution in [0.5, 0.6) is 5.75 Å². The van der Waals surface area contributed by atoms with E-state index in [0.29, 0.717) is 17.5 Å². The van der Waals surface area contributed by atoms with Gasteiger partial charge in [-0.2, -0.15) is 0 Å². The molecule has 0 fully saturated rings. The second-order valence-electron chi connectivity index (χ2n) is 8.80. The third-order valence-corrected chi connectivity index (χ3v) is 9.54. The number of rotatable bonds is 0. The SMILES string of the molecule is CC.c1ccc2c(c1)CCN1c3ccccc3SC21.c1ccc2c(c1)OCN1c3ccccc3SC21. The van der Waals surface area contributed by atoms with Gasteiger partial charge in [-0.3, -0.25) is 0 Å². The minimum Gasteiger partial charge on any atom is -0.473 e. The molecule has 4 aromatic rings. The van der Waals surface area contributed by atoms with Gasteiger partial charge >= 0.3 is 0 Å². The molecule has 8 rings (SSSR count). The van der Waals surface area contributed by atoms with Crippen molar-refractivity contribution in [2.45, 2.75) is 40.8 Å². The first-order valence-electron chi connectivity index (χ1n) is 12.7. The lowest BCUT2D eigenvalue weighted by Crippen LogP contribution is -2.32. The Balaban J connectivity index is 0.000000125. The van der Waals surface area contributed by atoms with Crippen molar-refractivity contribution in [2.75, 3.05) is 23.1 Å². The lowest BCUT2D eigenvalue weighted by atomic mass is 9.99. The summed E-state index contributed by atoms with van der Waals surface area (Å²) in [4.78, 5) is 7.64. The van der Waals surface area contributed by atoms with Crippen molar-refractivity contribution in [3.63, 3.8) is 0 Å². The second kappa shape index (κ2) is 10.2. The average molecular weight is 511 g/mol. The van der Waals surface area contributed by atoms with E-state index in [0.717, 1.165) is 12.3 Å². The molecule has 0 saturated heterocycles. The number of thioether (sulfide) groups is 2. The van der Waals surface area contributed by atoms with E-state index in [1.165, 1.54) is 44.3 Å². The van der Waals surface area contributed by atoms with Crippen LogP contribution in [0.1, 0.15) is 41.3 Å².